The van der Waals surface area contributed by atoms with Crippen LogP contribution in [0.15, 0.2) is 18.3 Å². The molecule has 1 atom stereocenters. The van der Waals surface area contributed by atoms with E-state index in [9.17, 15) is 10.1 Å². The summed E-state index contributed by atoms with van der Waals surface area (Å²) >= 11 is 0. The van der Waals surface area contributed by atoms with E-state index in [4.69, 9.17) is 0 Å². The van der Waals surface area contributed by atoms with Gasteiger partial charge in [-0.05, 0) is 39.3 Å². The summed E-state index contributed by atoms with van der Waals surface area (Å²) < 4.78 is 1.79. The van der Waals surface area contributed by atoms with E-state index < -0.39 is 0 Å². The highest BCUT2D eigenvalue weighted by atomic mass is 16.6. The van der Waals surface area contributed by atoms with E-state index in [0.29, 0.717) is 5.56 Å². The van der Waals surface area contributed by atoms with Crippen molar-refractivity contribution in [3.63, 3.8) is 0 Å². The maximum absolute atomic E-state index is 11.0. The molecule has 0 aliphatic heterocycles. The van der Waals surface area contributed by atoms with E-state index in [-0.39, 0.29) is 16.7 Å². The fourth-order valence-electron chi connectivity index (χ4n) is 2.51. The summed E-state index contributed by atoms with van der Waals surface area (Å²) in [5.74, 6) is 0. The lowest BCUT2D eigenvalue weighted by molar-refractivity contribution is -0.385. The van der Waals surface area contributed by atoms with Gasteiger partial charge < -0.3 is 5.32 Å². The number of aromatic nitrogens is 2. The molecule has 0 aliphatic rings. The van der Waals surface area contributed by atoms with Crippen LogP contribution in [0.3, 0.4) is 0 Å². The Hall–Kier alpha value is -2.37. The Morgan fingerprint density at radius 3 is 2.48 bits per heavy atom. The van der Waals surface area contributed by atoms with Crippen molar-refractivity contribution in [3.05, 3.63) is 50.8 Å². The van der Waals surface area contributed by atoms with Crippen molar-refractivity contribution in [3.8, 4) is 0 Å². The number of hydrogen-bond acceptors (Lipinski definition) is 4. The second-order valence-electron chi connectivity index (χ2n) is 5.42. The minimum absolute atomic E-state index is 0.0817. The molecular weight excluding hydrogens is 268 g/mol. The highest BCUT2D eigenvalue weighted by molar-refractivity contribution is 5.60. The first-order valence-corrected chi connectivity index (χ1v) is 6.82. The number of benzene rings is 1. The van der Waals surface area contributed by atoms with Gasteiger partial charge in [0, 0.05) is 36.1 Å². The number of anilines is 1. The molecule has 1 unspecified atom stereocenters. The van der Waals surface area contributed by atoms with Crippen molar-refractivity contribution in [2.75, 3.05) is 5.32 Å². The average molecular weight is 288 g/mol. The Morgan fingerprint density at radius 2 is 1.95 bits per heavy atom. The molecule has 0 bridgehead atoms. The van der Waals surface area contributed by atoms with Gasteiger partial charge in [-0.15, -0.1) is 0 Å². The van der Waals surface area contributed by atoms with Gasteiger partial charge >= 0.3 is 0 Å². The fourth-order valence-corrected chi connectivity index (χ4v) is 2.51. The Labute approximate surface area is 123 Å². The van der Waals surface area contributed by atoms with Crippen molar-refractivity contribution in [2.24, 2.45) is 7.05 Å². The molecule has 1 heterocycles. The van der Waals surface area contributed by atoms with Crippen LogP contribution in [0, 0.1) is 30.9 Å². The quantitative estimate of drug-likeness (QED) is 0.691. The van der Waals surface area contributed by atoms with E-state index in [1.54, 1.807) is 17.7 Å². The predicted molar refractivity (Wildman–Crippen MR) is 82.6 cm³/mol. The maximum Gasteiger partial charge on any atom is 0.272 e. The second kappa shape index (κ2) is 5.55. The Kier molecular flexibility index (Phi) is 3.97. The number of nitrogens with zero attached hydrogens (tertiary/aromatic N) is 3. The summed E-state index contributed by atoms with van der Waals surface area (Å²) in [5, 5.41) is 18.7. The average Bonchev–Trinajstić information content (AvgIpc) is 2.72. The first-order chi connectivity index (χ1) is 9.79. The topological polar surface area (TPSA) is 73.0 Å². The Bertz CT molecular complexity index is 691. The van der Waals surface area contributed by atoms with Crippen LogP contribution in [0.1, 0.15) is 35.3 Å². The van der Waals surface area contributed by atoms with Crippen LogP contribution in [-0.4, -0.2) is 14.7 Å². The molecular formula is C15H20N4O2. The summed E-state index contributed by atoms with van der Waals surface area (Å²) in [6, 6.07) is 3.52. The second-order valence-corrected chi connectivity index (χ2v) is 5.42. The lowest BCUT2D eigenvalue weighted by atomic mass is 10.1. The molecule has 0 saturated carbocycles. The number of nitro benzene ring substituents is 1. The molecule has 2 aromatic rings. The predicted octanol–water partition coefficient (Wildman–Crippen LogP) is 3.43. The summed E-state index contributed by atoms with van der Waals surface area (Å²) in [4.78, 5) is 10.6. The fraction of sp³-hybridized carbons (Fsp3) is 0.400. The third-order valence-electron chi connectivity index (χ3n) is 3.63. The third-order valence-corrected chi connectivity index (χ3v) is 3.63. The molecule has 6 nitrogen and oxygen atoms in total. The highest BCUT2D eigenvalue weighted by Gasteiger charge is 2.16. The number of nitrogens with one attached hydrogen (secondary N) is 1. The summed E-state index contributed by atoms with van der Waals surface area (Å²) in [5.41, 5.74) is 4.68. The standard InChI is InChI=1S/C15H20N4O2/c1-9-7-15(19(20)21)10(2)6-14(9)16-11(3)13-8-18(5)17-12(13)4/h6-8,11,16H,1-5H3. The van der Waals surface area contributed by atoms with Crippen LogP contribution < -0.4 is 5.32 Å². The highest BCUT2D eigenvalue weighted by Crippen LogP contribution is 2.29. The van der Waals surface area contributed by atoms with E-state index >= 15 is 0 Å². The van der Waals surface area contributed by atoms with Crippen LogP contribution in [-0.2, 0) is 7.05 Å². The van der Waals surface area contributed by atoms with Gasteiger partial charge in [0.1, 0.15) is 0 Å². The molecule has 21 heavy (non-hydrogen) atoms. The molecule has 0 spiro atoms. The molecule has 6 heteroatoms. The molecule has 0 fully saturated rings. The van der Waals surface area contributed by atoms with Crippen LogP contribution in [0.25, 0.3) is 0 Å². The van der Waals surface area contributed by atoms with E-state index in [1.165, 1.54) is 0 Å². The van der Waals surface area contributed by atoms with Crippen molar-refractivity contribution < 1.29 is 4.92 Å². The third kappa shape index (κ3) is 3.04. The first-order valence-electron chi connectivity index (χ1n) is 6.82. The largest absolute Gasteiger partial charge is 0.378 e. The van der Waals surface area contributed by atoms with Crippen molar-refractivity contribution >= 4 is 11.4 Å². The summed E-state index contributed by atoms with van der Waals surface area (Å²) in [6.07, 6.45) is 1.99. The van der Waals surface area contributed by atoms with Gasteiger partial charge in [-0.1, -0.05) is 0 Å². The van der Waals surface area contributed by atoms with Gasteiger partial charge in [0.15, 0.2) is 0 Å². The van der Waals surface area contributed by atoms with Gasteiger partial charge in [0.2, 0.25) is 0 Å². The number of nitro groups is 1. The monoisotopic (exact) mass is 288 g/mol. The van der Waals surface area contributed by atoms with Crippen LogP contribution >= 0.6 is 0 Å². The zero-order valence-corrected chi connectivity index (χ0v) is 13.0. The summed E-state index contributed by atoms with van der Waals surface area (Å²) in [7, 11) is 1.89. The summed E-state index contributed by atoms with van der Waals surface area (Å²) in [6.45, 7) is 7.65. The first kappa shape index (κ1) is 15.0. The van der Waals surface area contributed by atoms with Crippen molar-refractivity contribution in [1.82, 2.24) is 9.78 Å². The lowest BCUT2D eigenvalue weighted by Gasteiger charge is -2.17. The molecule has 0 amide bonds. The zero-order chi connectivity index (χ0) is 15.7. The van der Waals surface area contributed by atoms with E-state index in [2.05, 4.69) is 17.3 Å². The Morgan fingerprint density at radius 1 is 1.29 bits per heavy atom. The van der Waals surface area contributed by atoms with Gasteiger partial charge in [0.25, 0.3) is 5.69 Å². The normalized spacial score (nSPS) is 12.2. The van der Waals surface area contributed by atoms with Crippen LogP contribution in [0.5, 0.6) is 0 Å². The minimum Gasteiger partial charge on any atom is -0.378 e. The maximum atomic E-state index is 11.0. The molecule has 1 aromatic carbocycles. The number of aryl methyl sites for hydroxylation is 4. The molecule has 112 valence electrons. The van der Waals surface area contributed by atoms with E-state index in [1.807, 2.05) is 33.2 Å². The molecule has 1 aromatic heterocycles. The van der Waals surface area contributed by atoms with E-state index in [0.717, 1.165) is 22.5 Å². The number of rotatable bonds is 4. The van der Waals surface area contributed by atoms with Crippen LogP contribution in [0.4, 0.5) is 11.4 Å². The number of hydrogen-bond donors (Lipinski definition) is 1. The van der Waals surface area contributed by atoms with Gasteiger partial charge in [-0.2, -0.15) is 5.10 Å². The zero-order valence-electron chi connectivity index (χ0n) is 13.0. The molecule has 0 aliphatic carbocycles. The molecule has 1 N–H and O–H groups in total. The van der Waals surface area contributed by atoms with Gasteiger partial charge in [-0.25, -0.2) is 0 Å². The van der Waals surface area contributed by atoms with Gasteiger partial charge in [0.05, 0.1) is 16.7 Å². The van der Waals surface area contributed by atoms with Crippen molar-refractivity contribution in [2.45, 2.75) is 33.7 Å². The SMILES string of the molecule is Cc1cc([N+](=O)[O-])c(C)cc1NC(C)c1cn(C)nc1C. The van der Waals surface area contributed by atoms with Crippen molar-refractivity contribution in [1.29, 1.82) is 0 Å². The molecule has 0 radical (unpaired) electrons. The lowest BCUT2D eigenvalue weighted by Crippen LogP contribution is -2.09. The Balaban J connectivity index is 2.29. The smallest absolute Gasteiger partial charge is 0.272 e. The van der Waals surface area contributed by atoms with Crippen LogP contribution in [0.2, 0.25) is 0 Å². The van der Waals surface area contributed by atoms with Gasteiger partial charge in [-0.3, -0.25) is 14.8 Å². The molecule has 0 saturated heterocycles. The minimum atomic E-state index is -0.346. The molecule has 2 rings (SSSR count).